The summed E-state index contributed by atoms with van der Waals surface area (Å²) >= 11 is 0. The Morgan fingerprint density at radius 2 is 1.55 bits per heavy atom. The van der Waals surface area contributed by atoms with Crippen LogP contribution in [-0.4, -0.2) is 17.9 Å². The second kappa shape index (κ2) is 7.09. The molecule has 1 aliphatic heterocycles. The van der Waals surface area contributed by atoms with Gasteiger partial charge in [0.15, 0.2) is 0 Å². The van der Waals surface area contributed by atoms with Crippen molar-refractivity contribution in [2.45, 2.75) is 31.7 Å². The number of hydrogen-bond acceptors (Lipinski definition) is 2. The van der Waals surface area contributed by atoms with E-state index >= 15 is 0 Å². The number of carbonyl (C=O) groups excluding carboxylic acids is 2. The van der Waals surface area contributed by atoms with Crippen LogP contribution in [0.25, 0.3) is 0 Å². The number of carbonyl (C=O) groups is 2. The maximum Gasteiger partial charge on any atom is 0.416 e. The highest BCUT2D eigenvalue weighted by Gasteiger charge is 2.40. The molecule has 0 spiro atoms. The number of hydrogen-bond donors (Lipinski definition) is 1. The van der Waals surface area contributed by atoms with E-state index in [1.165, 1.54) is 18.2 Å². The first kappa shape index (κ1) is 20.7. The summed E-state index contributed by atoms with van der Waals surface area (Å²) in [5.41, 5.74) is -3.58. The molecule has 0 aromatic heterocycles. The summed E-state index contributed by atoms with van der Waals surface area (Å²) in [6.45, 7) is 1.58. The second-order valence-corrected chi connectivity index (χ2v) is 6.40. The van der Waals surface area contributed by atoms with Crippen LogP contribution in [0.5, 0.6) is 0 Å². The van der Waals surface area contributed by atoms with E-state index in [1.807, 2.05) is 0 Å². The number of rotatable bonds is 2. The fourth-order valence-corrected chi connectivity index (χ4v) is 3.13. The van der Waals surface area contributed by atoms with Gasteiger partial charge in [0.05, 0.1) is 22.5 Å². The van der Waals surface area contributed by atoms with Crippen molar-refractivity contribution in [2.24, 2.45) is 0 Å². The van der Waals surface area contributed by atoms with Crippen LogP contribution < -0.4 is 10.2 Å². The number of alkyl halides is 6. The molecule has 1 heterocycles. The fourth-order valence-electron chi connectivity index (χ4n) is 3.13. The lowest BCUT2D eigenvalue weighted by Crippen LogP contribution is -2.50. The standard InChI is InChI=1S/C19H14F6N2O2/c1-2-14-16(28)26-13-5-3-4-6-15(13)27(14)17(29)10-7-11(18(20,21)22)9-12(8-10)19(23,24)25/h3-9,14H,2H2,1H3,(H,26,28)/t14-/m0/s1. The molecule has 1 aliphatic rings. The van der Waals surface area contributed by atoms with E-state index in [0.717, 1.165) is 4.90 Å². The van der Waals surface area contributed by atoms with E-state index in [0.29, 0.717) is 12.1 Å². The van der Waals surface area contributed by atoms with Crippen molar-refractivity contribution in [1.29, 1.82) is 0 Å². The minimum atomic E-state index is -5.09. The monoisotopic (exact) mass is 416 g/mol. The number of nitrogens with zero attached hydrogens (tertiary/aromatic N) is 1. The van der Waals surface area contributed by atoms with E-state index in [2.05, 4.69) is 5.32 Å². The predicted octanol–water partition coefficient (Wildman–Crippen LogP) is 5.10. The van der Waals surface area contributed by atoms with Crippen molar-refractivity contribution < 1.29 is 35.9 Å². The lowest BCUT2D eigenvalue weighted by atomic mass is 10.0. The van der Waals surface area contributed by atoms with Gasteiger partial charge in [0.1, 0.15) is 6.04 Å². The summed E-state index contributed by atoms with van der Waals surface area (Å²) in [5, 5.41) is 2.58. The van der Waals surface area contributed by atoms with Gasteiger partial charge in [-0.15, -0.1) is 0 Å². The summed E-state index contributed by atoms with van der Waals surface area (Å²) < 4.78 is 78.8. The van der Waals surface area contributed by atoms with Crippen LogP contribution in [0.4, 0.5) is 37.7 Å². The van der Waals surface area contributed by atoms with Crippen LogP contribution in [-0.2, 0) is 17.1 Å². The molecule has 2 aromatic carbocycles. The zero-order valence-electron chi connectivity index (χ0n) is 14.9. The Hall–Kier alpha value is -3.04. The molecular weight excluding hydrogens is 402 g/mol. The Morgan fingerprint density at radius 1 is 1.00 bits per heavy atom. The van der Waals surface area contributed by atoms with Gasteiger partial charge < -0.3 is 5.32 Å². The van der Waals surface area contributed by atoms with E-state index in [1.54, 1.807) is 13.0 Å². The van der Waals surface area contributed by atoms with Gasteiger partial charge in [-0.05, 0) is 36.8 Å². The molecule has 0 fully saturated rings. The topological polar surface area (TPSA) is 49.4 Å². The highest BCUT2D eigenvalue weighted by atomic mass is 19.4. The van der Waals surface area contributed by atoms with Crippen molar-refractivity contribution in [1.82, 2.24) is 0 Å². The van der Waals surface area contributed by atoms with Gasteiger partial charge >= 0.3 is 12.4 Å². The average molecular weight is 416 g/mol. The van der Waals surface area contributed by atoms with Crippen molar-refractivity contribution >= 4 is 23.2 Å². The van der Waals surface area contributed by atoms with Crippen molar-refractivity contribution in [3.8, 4) is 0 Å². The fraction of sp³-hybridized carbons (Fsp3) is 0.263. The molecule has 0 aliphatic carbocycles. The molecule has 10 heteroatoms. The van der Waals surface area contributed by atoms with Crippen LogP contribution >= 0.6 is 0 Å². The molecule has 4 nitrogen and oxygen atoms in total. The third kappa shape index (κ3) is 3.92. The molecule has 1 N–H and O–H groups in total. The lowest BCUT2D eigenvalue weighted by Gasteiger charge is -2.36. The smallest absolute Gasteiger partial charge is 0.322 e. The van der Waals surface area contributed by atoms with Crippen LogP contribution in [0.1, 0.15) is 34.8 Å². The number of amides is 2. The molecular formula is C19H14F6N2O2. The summed E-state index contributed by atoms with van der Waals surface area (Å²) in [6.07, 6.45) is -10.1. The summed E-state index contributed by atoms with van der Waals surface area (Å²) in [4.78, 5) is 26.3. The molecule has 29 heavy (non-hydrogen) atoms. The SMILES string of the molecule is CC[C@H]1C(=O)Nc2ccccc2N1C(=O)c1cc(C(F)(F)F)cc(C(F)(F)F)c1. The molecule has 0 saturated heterocycles. The zero-order valence-corrected chi connectivity index (χ0v) is 14.9. The van der Waals surface area contributed by atoms with E-state index < -0.39 is 46.9 Å². The lowest BCUT2D eigenvalue weighted by molar-refractivity contribution is -0.143. The van der Waals surface area contributed by atoms with Gasteiger partial charge in [0.2, 0.25) is 5.91 Å². The molecule has 3 rings (SSSR count). The normalized spacial score (nSPS) is 17.0. The first-order valence-electron chi connectivity index (χ1n) is 8.46. The number of fused-ring (bicyclic) bond motifs is 1. The predicted molar refractivity (Wildman–Crippen MR) is 92.4 cm³/mol. The minimum Gasteiger partial charge on any atom is -0.322 e. The highest BCUT2D eigenvalue weighted by molar-refractivity contribution is 6.16. The maximum absolute atomic E-state index is 13.1. The van der Waals surface area contributed by atoms with Gasteiger partial charge in [-0.2, -0.15) is 26.3 Å². The Morgan fingerprint density at radius 3 is 2.07 bits per heavy atom. The number of anilines is 2. The number of benzene rings is 2. The first-order valence-corrected chi connectivity index (χ1v) is 8.46. The van der Waals surface area contributed by atoms with Gasteiger partial charge in [-0.1, -0.05) is 19.1 Å². The Balaban J connectivity index is 2.18. The second-order valence-electron chi connectivity index (χ2n) is 6.40. The molecule has 1 atom stereocenters. The van der Waals surface area contributed by atoms with Crippen molar-refractivity contribution in [3.63, 3.8) is 0 Å². The van der Waals surface area contributed by atoms with Crippen molar-refractivity contribution in [2.75, 3.05) is 10.2 Å². The molecule has 0 saturated carbocycles. The highest BCUT2D eigenvalue weighted by Crippen LogP contribution is 2.38. The quantitative estimate of drug-likeness (QED) is 0.693. The molecule has 154 valence electrons. The average Bonchev–Trinajstić information content (AvgIpc) is 2.64. The van der Waals surface area contributed by atoms with Gasteiger partial charge in [0, 0.05) is 5.56 Å². The molecule has 2 amide bonds. The summed E-state index contributed by atoms with van der Waals surface area (Å²) in [6, 6.07) is 5.63. The van der Waals surface area contributed by atoms with Gasteiger partial charge in [-0.25, -0.2) is 0 Å². The summed E-state index contributed by atoms with van der Waals surface area (Å²) in [5.74, 6) is -1.71. The zero-order chi connectivity index (χ0) is 21.6. The molecule has 2 aromatic rings. The van der Waals surface area contributed by atoms with E-state index in [4.69, 9.17) is 0 Å². The van der Waals surface area contributed by atoms with Gasteiger partial charge in [0.25, 0.3) is 5.91 Å². The summed E-state index contributed by atoms with van der Waals surface area (Å²) in [7, 11) is 0. The van der Waals surface area contributed by atoms with E-state index in [-0.39, 0.29) is 23.9 Å². The third-order valence-electron chi connectivity index (χ3n) is 4.48. The van der Waals surface area contributed by atoms with Crippen LogP contribution in [0.3, 0.4) is 0 Å². The number of para-hydroxylation sites is 2. The molecule has 0 bridgehead atoms. The Bertz CT molecular complexity index is 936. The minimum absolute atomic E-state index is 0.0507. The molecule has 0 unspecified atom stereocenters. The largest absolute Gasteiger partial charge is 0.416 e. The Labute approximate surface area is 161 Å². The number of nitrogens with one attached hydrogen (secondary N) is 1. The van der Waals surface area contributed by atoms with E-state index in [9.17, 15) is 35.9 Å². The molecule has 0 radical (unpaired) electrons. The van der Waals surface area contributed by atoms with Gasteiger partial charge in [-0.3, -0.25) is 14.5 Å². The maximum atomic E-state index is 13.1. The van der Waals surface area contributed by atoms with Crippen molar-refractivity contribution in [3.05, 3.63) is 59.2 Å². The van der Waals surface area contributed by atoms with Crippen LogP contribution in [0, 0.1) is 0 Å². The number of halogens is 6. The van der Waals surface area contributed by atoms with Crippen LogP contribution in [0.15, 0.2) is 42.5 Å². The Kier molecular flexibility index (Phi) is 5.06. The third-order valence-corrected chi connectivity index (χ3v) is 4.48. The van der Waals surface area contributed by atoms with Crippen LogP contribution in [0.2, 0.25) is 0 Å². The first-order chi connectivity index (χ1) is 13.4.